The van der Waals surface area contributed by atoms with Crippen molar-refractivity contribution in [3.05, 3.63) is 121 Å². The number of rotatable bonds is 10. The van der Waals surface area contributed by atoms with E-state index in [0.717, 1.165) is 58.8 Å². The molecular formula is C37H44O4. The molecule has 4 rings (SSSR count). The minimum absolute atomic E-state index is 0.0527. The quantitative estimate of drug-likeness (QED) is 0.218. The van der Waals surface area contributed by atoms with E-state index in [1.807, 2.05) is 0 Å². The van der Waals surface area contributed by atoms with Gasteiger partial charge in [-0.05, 0) is 132 Å². The van der Waals surface area contributed by atoms with Gasteiger partial charge in [0.05, 0.1) is 27.9 Å². The van der Waals surface area contributed by atoms with Crippen LogP contribution in [0.5, 0.6) is 17.2 Å². The fraction of sp³-hybridized carbons (Fsp3) is 0.351. The van der Waals surface area contributed by atoms with Gasteiger partial charge in [-0.25, -0.2) is 0 Å². The monoisotopic (exact) mass is 552 g/mol. The number of benzene rings is 4. The lowest BCUT2D eigenvalue weighted by molar-refractivity contribution is 0.281. The minimum Gasteiger partial charge on any atom is -0.496 e. The van der Waals surface area contributed by atoms with Crippen molar-refractivity contribution in [2.24, 2.45) is 0 Å². The number of ether oxygens (including phenoxy) is 3. The molecule has 0 aliphatic heterocycles. The number of aryl methyl sites for hydroxylation is 6. The zero-order valence-corrected chi connectivity index (χ0v) is 26.1. The Labute approximate surface area is 245 Å². The highest BCUT2D eigenvalue weighted by Gasteiger charge is 2.17. The second-order valence-corrected chi connectivity index (χ2v) is 11.3. The van der Waals surface area contributed by atoms with Crippen LogP contribution in [0.1, 0.15) is 72.3 Å². The molecule has 0 amide bonds. The predicted octanol–water partition coefficient (Wildman–Crippen LogP) is 7.83. The van der Waals surface area contributed by atoms with Crippen LogP contribution in [0.25, 0.3) is 0 Å². The summed E-state index contributed by atoms with van der Waals surface area (Å²) in [4.78, 5) is 0. The average Bonchev–Trinajstić information content (AvgIpc) is 2.94. The van der Waals surface area contributed by atoms with E-state index in [2.05, 4.69) is 90.1 Å². The van der Waals surface area contributed by atoms with E-state index < -0.39 is 0 Å². The second-order valence-electron chi connectivity index (χ2n) is 11.3. The molecule has 41 heavy (non-hydrogen) atoms. The third-order valence-corrected chi connectivity index (χ3v) is 8.33. The molecule has 0 aliphatic rings. The Morgan fingerprint density at radius 3 is 1.27 bits per heavy atom. The summed E-state index contributed by atoms with van der Waals surface area (Å²) in [6.07, 6.45) is 2.34. The standard InChI is InChI=1S/C37H44O4/c1-22-11-34(21-38)23(2)10-30(22)19-32-17-28(16-29-12-26(5)35(39-7)14-24(29)3)18-33(37(32)41-9)20-31-13-27(6)36(40-8)15-25(31)4/h10-15,17-18,38H,16,19-21H2,1-9H3. The number of hydrogen-bond acceptors (Lipinski definition) is 4. The first-order valence-corrected chi connectivity index (χ1v) is 14.2. The van der Waals surface area contributed by atoms with E-state index in [0.29, 0.717) is 0 Å². The summed E-state index contributed by atoms with van der Waals surface area (Å²) >= 11 is 0. The van der Waals surface area contributed by atoms with Crippen molar-refractivity contribution < 1.29 is 19.3 Å². The highest BCUT2D eigenvalue weighted by atomic mass is 16.5. The number of hydrogen-bond donors (Lipinski definition) is 1. The van der Waals surface area contributed by atoms with Gasteiger partial charge in [0, 0.05) is 12.8 Å². The Kier molecular flexibility index (Phi) is 9.45. The molecule has 0 aromatic heterocycles. The highest BCUT2D eigenvalue weighted by Crippen LogP contribution is 2.34. The van der Waals surface area contributed by atoms with Crippen LogP contribution in [0.15, 0.2) is 48.5 Å². The topological polar surface area (TPSA) is 47.9 Å². The molecule has 216 valence electrons. The first-order chi connectivity index (χ1) is 19.6. The maximum atomic E-state index is 9.77. The summed E-state index contributed by atoms with van der Waals surface area (Å²) in [7, 11) is 5.22. The van der Waals surface area contributed by atoms with E-state index in [1.54, 1.807) is 21.3 Å². The highest BCUT2D eigenvalue weighted by molar-refractivity contribution is 5.53. The Morgan fingerprint density at radius 1 is 0.439 bits per heavy atom. The molecule has 4 heteroatoms. The van der Waals surface area contributed by atoms with Crippen molar-refractivity contribution >= 4 is 0 Å². The predicted molar refractivity (Wildman–Crippen MR) is 168 cm³/mol. The number of aliphatic hydroxyl groups excluding tert-OH is 1. The molecule has 0 heterocycles. The summed E-state index contributed by atoms with van der Waals surface area (Å²) in [5.74, 6) is 2.77. The molecule has 0 radical (unpaired) electrons. The maximum absolute atomic E-state index is 9.77. The third kappa shape index (κ3) is 6.60. The molecule has 0 atom stereocenters. The summed E-state index contributed by atoms with van der Waals surface area (Å²) < 4.78 is 17.3. The first-order valence-electron chi connectivity index (χ1n) is 14.2. The van der Waals surface area contributed by atoms with Crippen molar-refractivity contribution in [2.75, 3.05) is 21.3 Å². The Hall–Kier alpha value is -3.76. The Bertz CT molecular complexity index is 1480. The van der Waals surface area contributed by atoms with E-state index in [1.165, 1.54) is 50.1 Å². The van der Waals surface area contributed by atoms with E-state index in [9.17, 15) is 5.11 Å². The van der Waals surface area contributed by atoms with Gasteiger partial charge in [0.2, 0.25) is 0 Å². The number of methoxy groups -OCH3 is 3. The SMILES string of the molecule is COc1cc(C)c(Cc2cc(Cc3cc(C)c(CO)cc3C)c(OC)c(Cc3cc(C)c(OC)cc3C)c2)cc1C. The van der Waals surface area contributed by atoms with Gasteiger partial charge in [-0.2, -0.15) is 0 Å². The van der Waals surface area contributed by atoms with Crippen molar-refractivity contribution in [3.8, 4) is 17.2 Å². The lowest BCUT2D eigenvalue weighted by atomic mass is 9.89. The number of aliphatic hydroxyl groups is 1. The molecule has 0 fully saturated rings. The van der Waals surface area contributed by atoms with E-state index in [-0.39, 0.29) is 6.61 Å². The normalized spacial score (nSPS) is 11.1. The zero-order chi connectivity index (χ0) is 29.8. The fourth-order valence-corrected chi connectivity index (χ4v) is 5.90. The molecule has 1 N–H and O–H groups in total. The molecule has 4 aromatic carbocycles. The fourth-order valence-electron chi connectivity index (χ4n) is 5.90. The van der Waals surface area contributed by atoms with E-state index >= 15 is 0 Å². The van der Waals surface area contributed by atoms with Gasteiger partial charge in [0.25, 0.3) is 0 Å². The molecule has 0 saturated carbocycles. The van der Waals surface area contributed by atoms with Crippen LogP contribution in [-0.4, -0.2) is 26.4 Å². The average molecular weight is 553 g/mol. The molecule has 0 bridgehead atoms. The van der Waals surface area contributed by atoms with Gasteiger partial charge >= 0.3 is 0 Å². The van der Waals surface area contributed by atoms with Crippen LogP contribution in [0.3, 0.4) is 0 Å². The lowest BCUT2D eigenvalue weighted by Crippen LogP contribution is -2.05. The van der Waals surface area contributed by atoms with Gasteiger partial charge in [-0.1, -0.05) is 36.4 Å². The van der Waals surface area contributed by atoms with Crippen LogP contribution >= 0.6 is 0 Å². The van der Waals surface area contributed by atoms with Crippen molar-refractivity contribution in [1.29, 1.82) is 0 Å². The molecule has 0 spiro atoms. The van der Waals surface area contributed by atoms with Crippen LogP contribution < -0.4 is 14.2 Å². The van der Waals surface area contributed by atoms with Crippen molar-refractivity contribution in [1.82, 2.24) is 0 Å². The summed E-state index contributed by atoms with van der Waals surface area (Å²) in [6, 6.07) is 17.7. The largest absolute Gasteiger partial charge is 0.496 e. The second kappa shape index (κ2) is 12.8. The smallest absolute Gasteiger partial charge is 0.125 e. The molecule has 0 aliphatic carbocycles. The minimum atomic E-state index is 0.0527. The Balaban J connectivity index is 1.84. The summed E-state index contributed by atoms with van der Waals surface area (Å²) in [5.41, 5.74) is 15.4. The van der Waals surface area contributed by atoms with E-state index in [4.69, 9.17) is 14.2 Å². The molecular weight excluding hydrogens is 508 g/mol. The first kappa shape index (κ1) is 30.2. The van der Waals surface area contributed by atoms with Crippen LogP contribution in [0, 0.1) is 41.5 Å². The van der Waals surface area contributed by atoms with Gasteiger partial charge in [0.1, 0.15) is 17.2 Å². The van der Waals surface area contributed by atoms with Crippen LogP contribution in [0.4, 0.5) is 0 Å². The summed E-state index contributed by atoms with van der Waals surface area (Å²) in [5, 5.41) is 9.77. The van der Waals surface area contributed by atoms with Crippen molar-refractivity contribution in [3.63, 3.8) is 0 Å². The van der Waals surface area contributed by atoms with Crippen molar-refractivity contribution in [2.45, 2.75) is 67.4 Å². The maximum Gasteiger partial charge on any atom is 0.125 e. The van der Waals surface area contributed by atoms with Gasteiger partial charge < -0.3 is 19.3 Å². The van der Waals surface area contributed by atoms with Crippen LogP contribution in [0.2, 0.25) is 0 Å². The van der Waals surface area contributed by atoms with Gasteiger partial charge in [0.15, 0.2) is 0 Å². The van der Waals surface area contributed by atoms with Gasteiger partial charge in [-0.15, -0.1) is 0 Å². The third-order valence-electron chi connectivity index (χ3n) is 8.33. The lowest BCUT2D eigenvalue weighted by Gasteiger charge is -2.20. The zero-order valence-electron chi connectivity index (χ0n) is 26.1. The molecule has 4 aromatic rings. The Morgan fingerprint density at radius 2 is 0.829 bits per heavy atom. The van der Waals surface area contributed by atoms with Gasteiger partial charge in [-0.3, -0.25) is 0 Å². The summed E-state index contributed by atoms with van der Waals surface area (Å²) in [6.45, 7) is 12.7. The molecule has 4 nitrogen and oxygen atoms in total. The molecule has 0 unspecified atom stereocenters. The van der Waals surface area contributed by atoms with Crippen LogP contribution in [-0.2, 0) is 25.9 Å². The molecule has 0 saturated heterocycles.